The SMILES string of the molecule is CCOC(=O)c1c(-c2ccccc2F)nn2c1OCCCC2C. The Bertz CT molecular complexity index is 727. The molecule has 0 bridgehead atoms. The van der Waals surface area contributed by atoms with Gasteiger partial charge in [-0.05, 0) is 38.8 Å². The molecule has 1 unspecified atom stereocenters. The van der Waals surface area contributed by atoms with Crippen LogP contribution in [-0.4, -0.2) is 29.0 Å². The van der Waals surface area contributed by atoms with E-state index >= 15 is 0 Å². The van der Waals surface area contributed by atoms with E-state index in [2.05, 4.69) is 5.10 Å². The van der Waals surface area contributed by atoms with Crippen LogP contribution in [0.15, 0.2) is 24.3 Å². The summed E-state index contributed by atoms with van der Waals surface area (Å²) in [5.41, 5.74) is 0.739. The van der Waals surface area contributed by atoms with Gasteiger partial charge in [0.2, 0.25) is 5.88 Å². The van der Waals surface area contributed by atoms with Gasteiger partial charge < -0.3 is 9.47 Å². The summed E-state index contributed by atoms with van der Waals surface area (Å²) in [6.07, 6.45) is 1.76. The van der Waals surface area contributed by atoms with E-state index < -0.39 is 11.8 Å². The molecule has 1 atom stereocenters. The van der Waals surface area contributed by atoms with E-state index in [0.717, 1.165) is 12.8 Å². The zero-order valence-corrected chi connectivity index (χ0v) is 13.2. The molecule has 0 amide bonds. The number of carbonyl (C=O) groups excluding carboxylic acids is 1. The normalized spacial score (nSPS) is 17.1. The Morgan fingerprint density at radius 3 is 3.00 bits per heavy atom. The van der Waals surface area contributed by atoms with Crippen molar-refractivity contribution in [1.29, 1.82) is 0 Å². The Labute approximate surface area is 134 Å². The fourth-order valence-electron chi connectivity index (χ4n) is 2.75. The fraction of sp³-hybridized carbons (Fsp3) is 0.412. The molecular weight excluding hydrogens is 299 g/mol. The van der Waals surface area contributed by atoms with Gasteiger partial charge in [0.05, 0.1) is 19.3 Å². The third-order valence-electron chi connectivity index (χ3n) is 3.90. The largest absolute Gasteiger partial charge is 0.477 e. The molecule has 0 saturated carbocycles. The lowest BCUT2D eigenvalue weighted by Crippen LogP contribution is -2.09. The molecule has 0 aliphatic carbocycles. The van der Waals surface area contributed by atoms with Crippen molar-refractivity contribution in [2.75, 3.05) is 13.2 Å². The molecule has 1 aliphatic heterocycles. The zero-order chi connectivity index (χ0) is 16.4. The number of halogens is 1. The lowest BCUT2D eigenvalue weighted by molar-refractivity contribution is 0.0522. The van der Waals surface area contributed by atoms with Gasteiger partial charge in [0, 0.05) is 5.56 Å². The maximum Gasteiger partial charge on any atom is 0.345 e. The van der Waals surface area contributed by atoms with Crippen LogP contribution in [0.4, 0.5) is 4.39 Å². The maximum atomic E-state index is 14.2. The monoisotopic (exact) mass is 318 g/mol. The highest BCUT2D eigenvalue weighted by Crippen LogP contribution is 2.36. The summed E-state index contributed by atoms with van der Waals surface area (Å²) in [6.45, 7) is 4.46. The first kappa shape index (κ1) is 15.5. The molecule has 5 nitrogen and oxygen atoms in total. The zero-order valence-electron chi connectivity index (χ0n) is 13.2. The van der Waals surface area contributed by atoms with Gasteiger partial charge in [0.25, 0.3) is 0 Å². The number of rotatable bonds is 3. The Morgan fingerprint density at radius 1 is 1.48 bits per heavy atom. The van der Waals surface area contributed by atoms with Gasteiger partial charge in [-0.1, -0.05) is 12.1 Å². The van der Waals surface area contributed by atoms with Crippen molar-refractivity contribution in [2.45, 2.75) is 32.7 Å². The van der Waals surface area contributed by atoms with Crippen molar-refractivity contribution in [1.82, 2.24) is 9.78 Å². The first-order chi connectivity index (χ1) is 11.1. The van der Waals surface area contributed by atoms with Gasteiger partial charge in [0.15, 0.2) is 0 Å². The smallest absolute Gasteiger partial charge is 0.345 e. The molecule has 1 aliphatic rings. The van der Waals surface area contributed by atoms with Gasteiger partial charge in [0.1, 0.15) is 17.1 Å². The number of ether oxygens (including phenoxy) is 2. The van der Waals surface area contributed by atoms with E-state index in [0.29, 0.717) is 12.5 Å². The van der Waals surface area contributed by atoms with Crippen molar-refractivity contribution in [3.8, 4) is 17.1 Å². The van der Waals surface area contributed by atoms with Gasteiger partial charge in [-0.15, -0.1) is 0 Å². The van der Waals surface area contributed by atoms with E-state index in [1.807, 2.05) is 6.92 Å². The van der Waals surface area contributed by atoms with Gasteiger partial charge >= 0.3 is 5.97 Å². The van der Waals surface area contributed by atoms with Crippen LogP contribution in [-0.2, 0) is 4.74 Å². The second kappa shape index (κ2) is 6.40. The van der Waals surface area contributed by atoms with Gasteiger partial charge in [-0.2, -0.15) is 5.10 Å². The average molecular weight is 318 g/mol. The minimum absolute atomic E-state index is 0.0706. The molecule has 0 spiro atoms. The highest BCUT2D eigenvalue weighted by molar-refractivity contribution is 5.99. The number of nitrogens with zero attached hydrogens (tertiary/aromatic N) is 2. The number of hydrogen-bond acceptors (Lipinski definition) is 4. The van der Waals surface area contributed by atoms with Crippen LogP contribution >= 0.6 is 0 Å². The van der Waals surface area contributed by atoms with Crippen molar-refractivity contribution in [3.63, 3.8) is 0 Å². The molecule has 0 fully saturated rings. The molecule has 23 heavy (non-hydrogen) atoms. The summed E-state index contributed by atoms with van der Waals surface area (Å²) >= 11 is 0. The number of esters is 1. The van der Waals surface area contributed by atoms with Crippen LogP contribution in [0.1, 0.15) is 43.1 Å². The lowest BCUT2D eigenvalue weighted by atomic mass is 10.1. The summed E-state index contributed by atoms with van der Waals surface area (Å²) < 4.78 is 26.7. The summed E-state index contributed by atoms with van der Waals surface area (Å²) in [7, 11) is 0. The fourth-order valence-corrected chi connectivity index (χ4v) is 2.75. The highest BCUT2D eigenvalue weighted by Gasteiger charge is 2.31. The Balaban J connectivity index is 2.21. The molecule has 122 valence electrons. The number of aromatic nitrogens is 2. The topological polar surface area (TPSA) is 53.3 Å². The molecular formula is C17H19FN2O3. The van der Waals surface area contributed by atoms with Crippen molar-refractivity contribution in [3.05, 3.63) is 35.6 Å². The van der Waals surface area contributed by atoms with E-state index in [4.69, 9.17) is 9.47 Å². The molecule has 0 radical (unpaired) electrons. The van der Waals surface area contributed by atoms with Crippen LogP contribution < -0.4 is 4.74 Å². The summed E-state index contributed by atoms with van der Waals surface area (Å²) in [6, 6.07) is 6.33. The molecule has 1 aromatic heterocycles. The maximum absolute atomic E-state index is 14.2. The molecule has 2 aromatic rings. The van der Waals surface area contributed by atoms with Crippen molar-refractivity contribution in [2.24, 2.45) is 0 Å². The summed E-state index contributed by atoms with van der Waals surface area (Å²) in [5, 5.41) is 4.48. The van der Waals surface area contributed by atoms with Gasteiger partial charge in [-0.25, -0.2) is 13.9 Å². The molecule has 3 rings (SSSR count). The number of fused-ring (bicyclic) bond motifs is 1. The lowest BCUT2D eigenvalue weighted by Gasteiger charge is -2.10. The minimum Gasteiger partial charge on any atom is -0.477 e. The molecule has 2 heterocycles. The van der Waals surface area contributed by atoms with E-state index in [1.54, 1.807) is 29.8 Å². The highest BCUT2D eigenvalue weighted by atomic mass is 19.1. The van der Waals surface area contributed by atoms with E-state index in [-0.39, 0.29) is 29.5 Å². The van der Waals surface area contributed by atoms with Crippen LogP contribution in [0.2, 0.25) is 0 Å². The first-order valence-electron chi connectivity index (χ1n) is 7.80. The predicted molar refractivity (Wildman–Crippen MR) is 83.0 cm³/mol. The van der Waals surface area contributed by atoms with E-state index in [1.165, 1.54) is 6.07 Å². The van der Waals surface area contributed by atoms with Crippen LogP contribution in [0, 0.1) is 5.82 Å². The molecule has 1 aromatic carbocycles. The van der Waals surface area contributed by atoms with Crippen LogP contribution in [0.5, 0.6) is 5.88 Å². The molecule has 0 saturated heterocycles. The van der Waals surface area contributed by atoms with Crippen molar-refractivity contribution < 1.29 is 18.7 Å². The van der Waals surface area contributed by atoms with Crippen LogP contribution in [0.25, 0.3) is 11.3 Å². The minimum atomic E-state index is -0.541. The number of benzene rings is 1. The first-order valence-corrected chi connectivity index (χ1v) is 7.80. The third kappa shape index (κ3) is 2.81. The standard InChI is InChI=1S/C17H19FN2O3/c1-3-22-17(21)14-15(12-8-4-5-9-13(12)18)19-20-11(2)7-6-10-23-16(14)20/h4-5,8-9,11H,3,6-7,10H2,1-2H3. The van der Waals surface area contributed by atoms with E-state index in [9.17, 15) is 9.18 Å². The summed E-state index contributed by atoms with van der Waals surface area (Å²) in [4.78, 5) is 12.4. The number of hydrogen-bond donors (Lipinski definition) is 0. The third-order valence-corrected chi connectivity index (χ3v) is 3.90. The molecule has 6 heteroatoms. The molecule has 0 N–H and O–H groups in total. The Morgan fingerprint density at radius 2 is 2.26 bits per heavy atom. The number of carbonyl (C=O) groups is 1. The summed E-state index contributed by atoms with van der Waals surface area (Å²) in [5.74, 6) is -0.605. The Kier molecular flexibility index (Phi) is 4.32. The average Bonchev–Trinajstić information content (AvgIpc) is 2.82. The second-order valence-electron chi connectivity index (χ2n) is 5.51. The van der Waals surface area contributed by atoms with Crippen molar-refractivity contribution >= 4 is 5.97 Å². The van der Waals surface area contributed by atoms with Gasteiger partial charge in [-0.3, -0.25) is 0 Å². The quantitative estimate of drug-likeness (QED) is 0.811. The second-order valence-corrected chi connectivity index (χ2v) is 5.51. The Hall–Kier alpha value is -2.37. The predicted octanol–water partition coefficient (Wildman–Crippen LogP) is 3.60. The van der Waals surface area contributed by atoms with Crippen LogP contribution in [0.3, 0.4) is 0 Å².